The standard InChI is InChI=1S/C19H18FN3O3/c20-15-5-3-14(4-6-15)17-12-16(26-21-17)13-22-7-9-23(10-8-22)19(24)18-2-1-11-25-18/h1-6,11-12H,7-10,13H2. The lowest BCUT2D eigenvalue weighted by Crippen LogP contribution is -2.48. The summed E-state index contributed by atoms with van der Waals surface area (Å²) >= 11 is 0. The first kappa shape index (κ1) is 16.5. The van der Waals surface area contributed by atoms with Crippen molar-refractivity contribution in [1.82, 2.24) is 15.0 Å². The first-order valence-electron chi connectivity index (χ1n) is 8.46. The van der Waals surface area contributed by atoms with Crippen LogP contribution in [-0.4, -0.2) is 47.0 Å². The Morgan fingerprint density at radius 1 is 1.12 bits per heavy atom. The molecule has 134 valence electrons. The van der Waals surface area contributed by atoms with E-state index in [-0.39, 0.29) is 11.7 Å². The molecule has 1 aromatic carbocycles. The summed E-state index contributed by atoms with van der Waals surface area (Å²) in [5.41, 5.74) is 1.50. The molecule has 0 unspecified atom stereocenters. The monoisotopic (exact) mass is 355 g/mol. The summed E-state index contributed by atoms with van der Waals surface area (Å²) < 4.78 is 23.6. The van der Waals surface area contributed by atoms with Crippen molar-refractivity contribution < 1.29 is 18.1 Å². The number of hydrogen-bond acceptors (Lipinski definition) is 5. The molecule has 0 bridgehead atoms. The van der Waals surface area contributed by atoms with Gasteiger partial charge in [0.25, 0.3) is 5.91 Å². The van der Waals surface area contributed by atoms with Gasteiger partial charge in [0, 0.05) is 37.8 Å². The third-order valence-electron chi connectivity index (χ3n) is 4.47. The van der Waals surface area contributed by atoms with Crippen molar-refractivity contribution in [2.24, 2.45) is 0 Å². The van der Waals surface area contributed by atoms with Crippen molar-refractivity contribution in [1.29, 1.82) is 0 Å². The summed E-state index contributed by atoms with van der Waals surface area (Å²) in [6.07, 6.45) is 1.51. The van der Waals surface area contributed by atoms with E-state index in [1.807, 2.05) is 6.07 Å². The smallest absolute Gasteiger partial charge is 0.289 e. The number of hydrogen-bond donors (Lipinski definition) is 0. The van der Waals surface area contributed by atoms with E-state index >= 15 is 0 Å². The van der Waals surface area contributed by atoms with Crippen molar-refractivity contribution >= 4 is 5.91 Å². The van der Waals surface area contributed by atoms with E-state index in [1.165, 1.54) is 18.4 Å². The predicted octanol–water partition coefficient (Wildman–Crippen LogP) is 3.03. The largest absolute Gasteiger partial charge is 0.459 e. The van der Waals surface area contributed by atoms with Gasteiger partial charge in [0.15, 0.2) is 11.5 Å². The molecule has 0 N–H and O–H groups in total. The molecule has 4 rings (SSSR count). The average Bonchev–Trinajstić information content (AvgIpc) is 3.35. The SMILES string of the molecule is O=C(c1ccco1)N1CCN(Cc2cc(-c3ccc(F)cc3)no2)CC1. The van der Waals surface area contributed by atoms with E-state index in [9.17, 15) is 9.18 Å². The maximum Gasteiger partial charge on any atom is 0.289 e. The number of halogens is 1. The quantitative estimate of drug-likeness (QED) is 0.720. The fourth-order valence-corrected chi connectivity index (χ4v) is 3.03. The molecular formula is C19H18FN3O3. The zero-order valence-corrected chi connectivity index (χ0v) is 14.1. The fraction of sp³-hybridized carbons (Fsp3) is 0.263. The normalized spacial score (nSPS) is 15.3. The van der Waals surface area contributed by atoms with Gasteiger partial charge in [0.1, 0.15) is 11.5 Å². The zero-order valence-electron chi connectivity index (χ0n) is 14.1. The number of rotatable bonds is 4. The number of furan rings is 1. The van der Waals surface area contributed by atoms with E-state index in [0.717, 1.165) is 24.4 Å². The van der Waals surface area contributed by atoms with Crippen LogP contribution in [0.3, 0.4) is 0 Å². The maximum absolute atomic E-state index is 13.0. The first-order valence-corrected chi connectivity index (χ1v) is 8.46. The van der Waals surface area contributed by atoms with Crippen molar-refractivity contribution in [3.05, 3.63) is 66.1 Å². The summed E-state index contributed by atoms with van der Waals surface area (Å²) in [4.78, 5) is 16.3. The number of benzene rings is 1. The number of carbonyl (C=O) groups is 1. The third-order valence-corrected chi connectivity index (χ3v) is 4.47. The molecule has 2 aromatic heterocycles. The number of nitrogens with zero attached hydrogens (tertiary/aromatic N) is 3. The summed E-state index contributed by atoms with van der Waals surface area (Å²) in [5, 5.41) is 4.06. The molecule has 3 aromatic rings. The molecule has 0 spiro atoms. The first-order chi connectivity index (χ1) is 12.7. The summed E-state index contributed by atoms with van der Waals surface area (Å²) in [6.45, 7) is 3.39. The predicted molar refractivity (Wildman–Crippen MR) is 91.8 cm³/mol. The Balaban J connectivity index is 1.33. The second-order valence-electron chi connectivity index (χ2n) is 6.23. The van der Waals surface area contributed by atoms with Crippen LogP contribution in [0.4, 0.5) is 4.39 Å². The minimum Gasteiger partial charge on any atom is -0.459 e. The van der Waals surface area contributed by atoms with Crippen molar-refractivity contribution in [3.63, 3.8) is 0 Å². The molecule has 0 aliphatic carbocycles. The van der Waals surface area contributed by atoms with E-state index in [2.05, 4.69) is 10.1 Å². The minimum absolute atomic E-state index is 0.0760. The van der Waals surface area contributed by atoms with Crippen LogP contribution >= 0.6 is 0 Å². The number of aromatic nitrogens is 1. The zero-order chi connectivity index (χ0) is 17.9. The Kier molecular flexibility index (Phi) is 4.53. The highest BCUT2D eigenvalue weighted by Gasteiger charge is 2.24. The number of piperazine rings is 1. The summed E-state index contributed by atoms with van der Waals surface area (Å²) in [6, 6.07) is 11.4. The van der Waals surface area contributed by atoms with Crippen molar-refractivity contribution in [2.75, 3.05) is 26.2 Å². The van der Waals surface area contributed by atoms with E-state index in [1.54, 1.807) is 29.2 Å². The fourth-order valence-electron chi connectivity index (χ4n) is 3.03. The molecule has 7 heteroatoms. The van der Waals surface area contributed by atoms with Crippen LogP contribution in [0, 0.1) is 5.82 Å². The van der Waals surface area contributed by atoms with Gasteiger partial charge in [0.2, 0.25) is 0 Å². The van der Waals surface area contributed by atoms with Gasteiger partial charge in [0.05, 0.1) is 12.8 Å². The topological polar surface area (TPSA) is 62.7 Å². The lowest BCUT2D eigenvalue weighted by Gasteiger charge is -2.33. The second kappa shape index (κ2) is 7.13. The molecule has 6 nitrogen and oxygen atoms in total. The van der Waals surface area contributed by atoms with E-state index in [0.29, 0.717) is 31.1 Å². The highest BCUT2D eigenvalue weighted by Crippen LogP contribution is 2.20. The van der Waals surface area contributed by atoms with E-state index < -0.39 is 0 Å². The second-order valence-corrected chi connectivity index (χ2v) is 6.23. The molecule has 0 radical (unpaired) electrons. The summed E-state index contributed by atoms with van der Waals surface area (Å²) in [7, 11) is 0. The van der Waals surface area contributed by atoms with Gasteiger partial charge in [-0.05, 0) is 36.4 Å². The minimum atomic E-state index is -0.278. The van der Waals surface area contributed by atoms with Gasteiger partial charge in [-0.3, -0.25) is 9.69 Å². The lowest BCUT2D eigenvalue weighted by atomic mass is 10.1. The van der Waals surface area contributed by atoms with Crippen LogP contribution in [-0.2, 0) is 6.54 Å². The molecule has 1 fully saturated rings. The molecule has 3 heterocycles. The molecule has 1 aliphatic heterocycles. The molecule has 1 saturated heterocycles. The Bertz CT molecular complexity index is 866. The van der Waals surface area contributed by atoms with Crippen LogP contribution in [0.5, 0.6) is 0 Å². The Labute approximate surface area is 149 Å². The third kappa shape index (κ3) is 3.52. The van der Waals surface area contributed by atoms with Gasteiger partial charge >= 0.3 is 0 Å². The van der Waals surface area contributed by atoms with Gasteiger partial charge in [-0.2, -0.15) is 0 Å². The highest BCUT2D eigenvalue weighted by molar-refractivity contribution is 5.91. The molecule has 1 amide bonds. The van der Waals surface area contributed by atoms with Crippen LogP contribution in [0.2, 0.25) is 0 Å². The molecule has 1 aliphatic rings. The summed E-state index contributed by atoms with van der Waals surface area (Å²) in [5.74, 6) is 0.764. The van der Waals surface area contributed by atoms with Gasteiger partial charge in [-0.1, -0.05) is 5.16 Å². The van der Waals surface area contributed by atoms with Crippen LogP contribution in [0.1, 0.15) is 16.3 Å². The Morgan fingerprint density at radius 3 is 2.58 bits per heavy atom. The highest BCUT2D eigenvalue weighted by atomic mass is 19.1. The number of carbonyl (C=O) groups excluding carboxylic acids is 1. The van der Waals surface area contributed by atoms with E-state index in [4.69, 9.17) is 8.94 Å². The molecule has 0 saturated carbocycles. The van der Waals surface area contributed by atoms with Crippen LogP contribution in [0.15, 0.2) is 57.7 Å². The van der Waals surface area contributed by atoms with Gasteiger partial charge in [-0.25, -0.2) is 4.39 Å². The Morgan fingerprint density at radius 2 is 1.88 bits per heavy atom. The van der Waals surface area contributed by atoms with Crippen molar-refractivity contribution in [3.8, 4) is 11.3 Å². The molecular weight excluding hydrogens is 337 g/mol. The Hall–Kier alpha value is -2.93. The number of amides is 1. The van der Waals surface area contributed by atoms with Crippen molar-refractivity contribution in [2.45, 2.75) is 6.54 Å². The van der Waals surface area contributed by atoms with Gasteiger partial charge in [-0.15, -0.1) is 0 Å². The van der Waals surface area contributed by atoms with Crippen LogP contribution < -0.4 is 0 Å². The van der Waals surface area contributed by atoms with Gasteiger partial charge < -0.3 is 13.8 Å². The van der Waals surface area contributed by atoms with Crippen LogP contribution in [0.25, 0.3) is 11.3 Å². The maximum atomic E-state index is 13.0. The molecule has 0 atom stereocenters. The average molecular weight is 355 g/mol. The molecule has 26 heavy (non-hydrogen) atoms. The lowest BCUT2D eigenvalue weighted by molar-refractivity contribution is 0.0587.